The van der Waals surface area contributed by atoms with Gasteiger partial charge in [-0.05, 0) is 39.2 Å². The summed E-state index contributed by atoms with van der Waals surface area (Å²) in [5.41, 5.74) is 1.44. The molecule has 0 radical (unpaired) electrons. The van der Waals surface area contributed by atoms with Gasteiger partial charge in [0.15, 0.2) is 0 Å². The van der Waals surface area contributed by atoms with E-state index in [1.54, 1.807) is 20.8 Å². The van der Waals surface area contributed by atoms with E-state index in [1.807, 2.05) is 6.92 Å². The molecule has 0 bridgehead atoms. The molecule has 1 rings (SSSR count). The van der Waals surface area contributed by atoms with Gasteiger partial charge in [0, 0.05) is 6.42 Å². The third-order valence-electron chi connectivity index (χ3n) is 3.04. The summed E-state index contributed by atoms with van der Waals surface area (Å²) >= 11 is 0. The highest BCUT2D eigenvalue weighted by Crippen LogP contribution is 2.38. The zero-order valence-electron chi connectivity index (χ0n) is 12.7. The van der Waals surface area contributed by atoms with Gasteiger partial charge in [-0.2, -0.15) is 0 Å². The summed E-state index contributed by atoms with van der Waals surface area (Å²) in [4.78, 5) is 12.0. The normalized spacial score (nSPS) is 16.3. The van der Waals surface area contributed by atoms with E-state index in [-0.39, 0.29) is 11.4 Å². The van der Waals surface area contributed by atoms with Crippen molar-refractivity contribution in [3.05, 3.63) is 22.5 Å². The summed E-state index contributed by atoms with van der Waals surface area (Å²) in [6.07, 6.45) is 3.83. The second kappa shape index (κ2) is 6.36. The van der Waals surface area contributed by atoms with Gasteiger partial charge in [-0.25, -0.2) is 9.18 Å². The molecule has 0 aromatic carbocycles. The molecule has 0 amide bonds. The lowest BCUT2D eigenvalue weighted by atomic mass is 10.0. The molecule has 108 valence electrons. The molecule has 0 N–H and O–H groups in total. The fourth-order valence-corrected chi connectivity index (χ4v) is 2.31. The first kappa shape index (κ1) is 15.9. The standard InChI is InChI=1S/C16H25FO2/c1-6-8-11-10-13(14(17)12(11)9-7-2)15(18)19-16(3,4)5/h6-10H2,1-5H3. The van der Waals surface area contributed by atoms with Gasteiger partial charge in [0.25, 0.3) is 0 Å². The molecule has 0 fully saturated rings. The Morgan fingerprint density at radius 3 is 2.26 bits per heavy atom. The van der Waals surface area contributed by atoms with Crippen LogP contribution in [-0.4, -0.2) is 11.6 Å². The first-order chi connectivity index (χ1) is 8.80. The Bertz CT molecular complexity index is 411. The van der Waals surface area contributed by atoms with Gasteiger partial charge in [0.2, 0.25) is 0 Å². The third kappa shape index (κ3) is 4.19. The van der Waals surface area contributed by atoms with Crippen LogP contribution in [0.4, 0.5) is 4.39 Å². The van der Waals surface area contributed by atoms with Crippen LogP contribution in [0.3, 0.4) is 0 Å². The number of hydrogen-bond acceptors (Lipinski definition) is 2. The van der Waals surface area contributed by atoms with Gasteiger partial charge in [-0.1, -0.05) is 32.3 Å². The molecule has 0 aromatic rings. The van der Waals surface area contributed by atoms with Crippen LogP contribution in [0.5, 0.6) is 0 Å². The predicted octanol–water partition coefficient (Wildman–Crippen LogP) is 4.85. The molecular weight excluding hydrogens is 243 g/mol. The molecule has 0 heterocycles. The second-order valence-electron chi connectivity index (χ2n) is 6.05. The van der Waals surface area contributed by atoms with Gasteiger partial charge < -0.3 is 4.74 Å². The Morgan fingerprint density at radius 1 is 1.21 bits per heavy atom. The number of halogens is 1. The summed E-state index contributed by atoms with van der Waals surface area (Å²) in [6, 6.07) is 0. The highest BCUT2D eigenvalue weighted by atomic mass is 19.1. The van der Waals surface area contributed by atoms with E-state index in [4.69, 9.17) is 4.74 Å². The minimum atomic E-state index is -0.581. The maximum atomic E-state index is 14.4. The fourth-order valence-electron chi connectivity index (χ4n) is 2.31. The Hall–Kier alpha value is -1.12. The highest BCUT2D eigenvalue weighted by molar-refractivity contribution is 5.92. The predicted molar refractivity (Wildman–Crippen MR) is 75.4 cm³/mol. The highest BCUT2D eigenvalue weighted by Gasteiger charge is 2.30. The van der Waals surface area contributed by atoms with Crippen LogP contribution < -0.4 is 0 Å². The first-order valence-corrected chi connectivity index (χ1v) is 7.13. The van der Waals surface area contributed by atoms with E-state index in [0.29, 0.717) is 12.8 Å². The number of ether oxygens (including phenoxy) is 1. The van der Waals surface area contributed by atoms with Crippen LogP contribution in [0.1, 0.15) is 66.7 Å². The van der Waals surface area contributed by atoms with Crippen molar-refractivity contribution in [2.24, 2.45) is 0 Å². The molecule has 1 aliphatic rings. The van der Waals surface area contributed by atoms with Gasteiger partial charge in [0.05, 0.1) is 5.57 Å². The molecule has 0 saturated carbocycles. The summed E-state index contributed by atoms with van der Waals surface area (Å²) in [5.74, 6) is -0.843. The molecule has 0 aliphatic heterocycles. The molecule has 1 aliphatic carbocycles. The molecule has 0 unspecified atom stereocenters. The Kier molecular flexibility index (Phi) is 5.33. The molecule has 2 nitrogen and oxygen atoms in total. The summed E-state index contributed by atoms with van der Waals surface area (Å²) in [6.45, 7) is 9.48. The maximum absolute atomic E-state index is 14.4. The molecule has 19 heavy (non-hydrogen) atoms. The van der Waals surface area contributed by atoms with Crippen LogP contribution in [-0.2, 0) is 9.53 Å². The second-order valence-corrected chi connectivity index (χ2v) is 6.05. The van der Waals surface area contributed by atoms with Crippen LogP contribution in [0.25, 0.3) is 0 Å². The van der Waals surface area contributed by atoms with Crippen molar-refractivity contribution in [1.29, 1.82) is 0 Å². The summed E-state index contributed by atoms with van der Waals surface area (Å²) in [7, 11) is 0. The van der Waals surface area contributed by atoms with Crippen molar-refractivity contribution in [2.45, 2.75) is 72.3 Å². The maximum Gasteiger partial charge on any atom is 0.337 e. The smallest absolute Gasteiger partial charge is 0.337 e. The largest absolute Gasteiger partial charge is 0.457 e. The summed E-state index contributed by atoms with van der Waals surface area (Å²) < 4.78 is 19.6. The van der Waals surface area contributed by atoms with Crippen LogP contribution in [0.2, 0.25) is 0 Å². The minimum absolute atomic E-state index is 0.210. The molecule has 3 heteroatoms. The average molecular weight is 268 g/mol. The van der Waals surface area contributed by atoms with E-state index in [2.05, 4.69) is 6.92 Å². The molecule has 0 saturated heterocycles. The van der Waals surface area contributed by atoms with Gasteiger partial charge in [0.1, 0.15) is 11.4 Å². The van der Waals surface area contributed by atoms with Gasteiger partial charge in [-0.3, -0.25) is 0 Å². The van der Waals surface area contributed by atoms with Crippen LogP contribution >= 0.6 is 0 Å². The van der Waals surface area contributed by atoms with Crippen LogP contribution in [0.15, 0.2) is 22.5 Å². The van der Waals surface area contributed by atoms with E-state index >= 15 is 0 Å². The Morgan fingerprint density at radius 2 is 1.79 bits per heavy atom. The summed E-state index contributed by atoms with van der Waals surface area (Å²) in [5, 5.41) is 0. The van der Waals surface area contributed by atoms with E-state index in [1.165, 1.54) is 0 Å². The zero-order chi connectivity index (χ0) is 14.6. The fraction of sp³-hybridized carbons (Fsp3) is 0.688. The number of allylic oxidation sites excluding steroid dienone is 3. The number of carbonyl (C=O) groups excluding carboxylic acids is 1. The van der Waals surface area contributed by atoms with Crippen molar-refractivity contribution >= 4 is 5.97 Å². The van der Waals surface area contributed by atoms with E-state index in [0.717, 1.165) is 30.4 Å². The number of rotatable bonds is 5. The topological polar surface area (TPSA) is 26.3 Å². The number of hydrogen-bond donors (Lipinski definition) is 0. The lowest BCUT2D eigenvalue weighted by Gasteiger charge is -2.20. The first-order valence-electron chi connectivity index (χ1n) is 7.13. The Labute approximate surface area is 115 Å². The quantitative estimate of drug-likeness (QED) is 0.666. The van der Waals surface area contributed by atoms with Crippen molar-refractivity contribution < 1.29 is 13.9 Å². The average Bonchev–Trinajstić information content (AvgIpc) is 2.56. The lowest BCUT2D eigenvalue weighted by Crippen LogP contribution is -2.25. The molecule has 0 aromatic heterocycles. The van der Waals surface area contributed by atoms with Crippen molar-refractivity contribution in [3.8, 4) is 0 Å². The van der Waals surface area contributed by atoms with Crippen molar-refractivity contribution in [3.63, 3.8) is 0 Å². The third-order valence-corrected chi connectivity index (χ3v) is 3.04. The van der Waals surface area contributed by atoms with Gasteiger partial charge in [-0.15, -0.1) is 0 Å². The van der Waals surface area contributed by atoms with Crippen molar-refractivity contribution in [2.75, 3.05) is 0 Å². The molecule has 0 atom stereocenters. The molecule has 0 spiro atoms. The monoisotopic (exact) mass is 268 g/mol. The lowest BCUT2D eigenvalue weighted by molar-refractivity contribution is -0.150. The molecular formula is C16H25FO2. The van der Waals surface area contributed by atoms with E-state index < -0.39 is 11.6 Å². The Balaban J connectivity index is 2.91. The van der Waals surface area contributed by atoms with E-state index in [9.17, 15) is 9.18 Å². The van der Waals surface area contributed by atoms with Gasteiger partial charge >= 0.3 is 5.97 Å². The number of carbonyl (C=O) groups is 1. The minimum Gasteiger partial charge on any atom is -0.457 e. The van der Waals surface area contributed by atoms with Crippen molar-refractivity contribution in [1.82, 2.24) is 0 Å². The van der Waals surface area contributed by atoms with Crippen LogP contribution in [0, 0.1) is 0 Å². The number of esters is 1. The SMILES string of the molecule is CCCC1=C(CCC)C(F)=C(C(=O)OC(C)(C)C)C1. The zero-order valence-corrected chi connectivity index (χ0v) is 12.7.